The van der Waals surface area contributed by atoms with Crippen LogP contribution in [0.25, 0.3) is 10.2 Å². The molecule has 0 atom stereocenters. The molecule has 0 spiro atoms. The summed E-state index contributed by atoms with van der Waals surface area (Å²) >= 11 is 1.32. The summed E-state index contributed by atoms with van der Waals surface area (Å²) in [6.07, 6.45) is 0. The van der Waals surface area contributed by atoms with Crippen molar-refractivity contribution in [2.24, 2.45) is 12.0 Å². The molecular weight excluding hydrogens is 452 g/mol. The summed E-state index contributed by atoms with van der Waals surface area (Å²) in [5.74, 6) is -0.631. The van der Waals surface area contributed by atoms with Crippen LogP contribution in [0.15, 0.2) is 52.4 Å². The molecule has 0 unspecified atom stereocenters. The van der Waals surface area contributed by atoms with Gasteiger partial charge in [0, 0.05) is 38.3 Å². The third-order valence-corrected chi connectivity index (χ3v) is 8.04. The topological polar surface area (TPSA) is 110 Å². The van der Waals surface area contributed by atoms with Crippen LogP contribution in [0.5, 0.6) is 0 Å². The van der Waals surface area contributed by atoms with Crippen LogP contribution >= 0.6 is 11.3 Å². The molecule has 1 aromatic heterocycles. The second-order valence-corrected chi connectivity index (χ2v) is 10.2. The van der Waals surface area contributed by atoms with E-state index < -0.39 is 15.9 Å². The number of hydrogen-bond donors (Lipinski definition) is 1. The lowest BCUT2D eigenvalue weighted by Crippen LogP contribution is -2.40. The average molecular weight is 475 g/mol. The van der Waals surface area contributed by atoms with E-state index in [0.717, 1.165) is 10.2 Å². The molecule has 4 rings (SSSR count). The molecule has 2 heterocycles. The minimum absolute atomic E-state index is 0.133. The normalized spacial score (nSPS) is 15.8. The van der Waals surface area contributed by atoms with Gasteiger partial charge in [0.2, 0.25) is 15.9 Å². The number of aromatic nitrogens is 1. The van der Waals surface area contributed by atoms with Crippen LogP contribution in [0.2, 0.25) is 0 Å². The number of amides is 2. The van der Waals surface area contributed by atoms with Crippen molar-refractivity contribution in [3.05, 3.63) is 52.8 Å². The number of carbonyl (C=O) groups excluding carboxylic acids is 2. The first-order chi connectivity index (χ1) is 15.3. The van der Waals surface area contributed by atoms with Crippen LogP contribution in [-0.4, -0.2) is 55.4 Å². The van der Waals surface area contributed by atoms with Gasteiger partial charge in [-0.3, -0.25) is 9.59 Å². The fourth-order valence-electron chi connectivity index (χ4n) is 3.38. The SMILES string of the molecule is CC(=O)Nc1ccc2c(c1)sc(=NC(=O)c1ccc(S(=O)(=O)N3CCOCC3)cc1)n2C. The maximum atomic E-state index is 12.7. The van der Waals surface area contributed by atoms with Crippen LogP contribution in [-0.2, 0) is 26.6 Å². The summed E-state index contributed by atoms with van der Waals surface area (Å²) in [6, 6.07) is 11.3. The van der Waals surface area contributed by atoms with Gasteiger partial charge in [-0.15, -0.1) is 0 Å². The lowest BCUT2D eigenvalue weighted by molar-refractivity contribution is -0.114. The van der Waals surface area contributed by atoms with Gasteiger partial charge in [-0.1, -0.05) is 11.3 Å². The lowest BCUT2D eigenvalue weighted by Gasteiger charge is -2.26. The number of morpholine rings is 1. The highest BCUT2D eigenvalue weighted by atomic mass is 32.2. The van der Waals surface area contributed by atoms with Gasteiger partial charge in [0.1, 0.15) is 0 Å². The van der Waals surface area contributed by atoms with E-state index in [9.17, 15) is 18.0 Å². The van der Waals surface area contributed by atoms with Crippen LogP contribution < -0.4 is 10.1 Å². The Morgan fingerprint density at radius 1 is 1.09 bits per heavy atom. The van der Waals surface area contributed by atoms with Crippen molar-refractivity contribution >= 4 is 49.1 Å². The fourth-order valence-corrected chi connectivity index (χ4v) is 5.84. The highest BCUT2D eigenvalue weighted by molar-refractivity contribution is 7.89. The van der Waals surface area contributed by atoms with E-state index >= 15 is 0 Å². The third kappa shape index (κ3) is 4.51. The number of sulfonamides is 1. The number of aryl methyl sites for hydroxylation is 1. The predicted molar refractivity (Wildman–Crippen MR) is 121 cm³/mol. The second-order valence-electron chi connectivity index (χ2n) is 7.27. The van der Waals surface area contributed by atoms with Crippen molar-refractivity contribution in [3.63, 3.8) is 0 Å². The zero-order valence-electron chi connectivity index (χ0n) is 17.6. The monoisotopic (exact) mass is 474 g/mol. The molecule has 9 nitrogen and oxygen atoms in total. The Bertz CT molecular complexity index is 1350. The Labute approximate surface area is 189 Å². The molecule has 1 N–H and O–H groups in total. The smallest absolute Gasteiger partial charge is 0.279 e. The fraction of sp³-hybridized carbons (Fsp3) is 0.286. The minimum atomic E-state index is -3.62. The van der Waals surface area contributed by atoms with Gasteiger partial charge in [-0.2, -0.15) is 9.30 Å². The van der Waals surface area contributed by atoms with Crippen molar-refractivity contribution in [2.75, 3.05) is 31.6 Å². The van der Waals surface area contributed by atoms with Crippen molar-refractivity contribution in [1.82, 2.24) is 8.87 Å². The molecule has 1 fully saturated rings. The van der Waals surface area contributed by atoms with Crippen LogP contribution in [0.3, 0.4) is 0 Å². The van der Waals surface area contributed by atoms with Crippen molar-refractivity contribution in [3.8, 4) is 0 Å². The number of nitrogens with zero attached hydrogens (tertiary/aromatic N) is 3. The predicted octanol–water partition coefficient (Wildman–Crippen LogP) is 1.96. The van der Waals surface area contributed by atoms with Crippen molar-refractivity contribution in [2.45, 2.75) is 11.8 Å². The van der Waals surface area contributed by atoms with E-state index in [1.54, 1.807) is 17.7 Å². The Balaban J connectivity index is 1.60. The van der Waals surface area contributed by atoms with E-state index in [4.69, 9.17) is 4.74 Å². The van der Waals surface area contributed by atoms with Gasteiger partial charge < -0.3 is 14.6 Å². The highest BCUT2D eigenvalue weighted by Gasteiger charge is 2.26. The molecule has 32 heavy (non-hydrogen) atoms. The summed E-state index contributed by atoms with van der Waals surface area (Å²) < 4.78 is 34.7. The Kier molecular flexibility index (Phi) is 6.24. The van der Waals surface area contributed by atoms with Gasteiger partial charge in [-0.05, 0) is 42.5 Å². The van der Waals surface area contributed by atoms with Crippen molar-refractivity contribution < 1.29 is 22.7 Å². The third-order valence-electron chi connectivity index (χ3n) is 5.04. The molecule has 1 saturated heterocycles. The number of thiazole rings is 1. The molecule has 1 aliphatic rings. The molecular formula is C21H22N4O5S2. The number of nitrogens with one attached hydrogen (secondary N) is 1. The summed E-state index contributed by atoms with van der Waals surface area (Å²) in [4.78, 5) is 28.8. The Morgan fingerprint density at radius 2 is 1.78 bits per heavy atom. The standard InChI is InChI=1S/C21H22N4O5S2/c1-14(26)22-16-5-8-18-19(13-16)31-21(24(18)2)23-20(27)15-3-6-17(7-4-15)32(28,29)25-9-11-30-12-10-25/h3-8,13H,9-12H2,1-2H3,(H,22,26). The number of hydrogen-bond acceptors (Lipinski definition) is 6. The Morgan fingerprint density at radius 3 is 2.44 bits per heavy atom. The lowest BCUT2D eigenvalue weighted by atomic mass is 10.2. The maximum absolute atomic E-state index is 12.7. The second kappa shape index (κ2) is 8.94. The first kappa shape index (κ1) is 22.3. The summed E-state index contributed by atoms with van der Waals surface area (Å²) in [5.41, 5.74) is 1.84. The van der Waals surface area contributed by atoms with E-state index in [-0.39, 0.29) is 10.8 Å². The van der Waals surface area contributed by atoms with Crippen LogP contribution in [0.1, 0.15) is 17.3 Å². The zero-order chi connectivity index (χ0) is 22.9. The Hall–Kier alpha value is -2.86. The van der Waals surface area contributed by atoms with Gasteiger partial charge >= 0.3 is 0 Å². The molecule has 3 aromatic rings. The van der Waals surface area contributed by atoms with Crippen LogP contribution in [0, 0.1) is 0 Å². The average Bonchev–Trinajstić information content (AvgIpc) is 3.08. The number of fused-ring (bicyclic) bond motifs is 1. The molecule has 2 amide bonds. The van der Waals surface area contributed by atoms with E-state index in [2.05, 4.69) is 10.3 Å². The molecule has 0 bridgehead atoms. The molecule has 1 aliphatic heterocycles. The zero-order valence-corrected chi connectivity index (χ0v) is 19.2. The highest BCUT2D eigenvalue weighted by Crippen LogP contribution is 2.22. The number of ether oxygens (including phenoxy) is 1. The van der Waals surface area contributed by atoms with Gasteiger partial charge in [0.15, 0.2) is 4.80 Å². The molecule has 168 valence electrons. The van der Waals surface area contributed by atoms with Gasteiger partial charge in [0.25, 0.3) is 5.91 Å². The van der Waals surface area contributed by atoms with Gasteiger partial charge in [-0.25, -0.2) is 8.42 Å². The largest absolute Gasteiger partial charge is 0.379 e. The molecule has 0 saturated carbocycles. The molecule has 2 aromatic carbocycles. The summed E-state index contributed by atoms with van der Waals surface area (Å²) in [5, 5.41) is 2.73. The van der Waals surface area contributed by atoms with E-state index in [1.165, 1.54) is 46.8 Å². The minimum Gasteiger partial charge on any atom is -0.379 e. The molecule has 0 aliphatic carbocycles. The number of carbonyl (C=O) groups is 2. The number of rotatable bonds is 4. The number of benzene rings is 2. The first-order valence-electron chi connectivity index (χ1n) is 9.90. The maximum Gasteiger partial charge on any atom is 0.279 e. The summed E-state index contributed by atoms with van der Waals surface area (Å²) in [6.45, 7) is 2.80. The van der Waals surface area contributed by atoms with E-state index in [0.29, 0.717) is 42.4 Å². The molecule has 11 heteroatoms. The van der Waals surface area contributed by atoms with Crippen LogP contribution in [0.4, 0.5) is 5.69 Å². The first-order valence-corrected chi connectivity index (χ1v) is 12.2. The number of anilines is 1. The molecule has 0 radical (unpaired) electrons. The van der Waals surface area contributed by atoms with Gasteiger partial charge in [0.05, 0.1) is 28.3 Å². The van der Waals surface area contributed by atoms with Crippen molar-refractivity contribution in [1.29, 1.82) is 0 Å². The van der Waals surface area contributed by atoms with E-state index in [1.807, 2.05) is 12.1 Å². The summed E-state index contributed by atoms with van der Waals surface area (Å²) in [7, 11) is -1.81. The quantitative estimate of drug-likeness (QED) is 0.622.